The molecule has 1 fully saturated rings. The maximum Gasteiger partial charge on any atom is 0.288 e. The molecule has 2 rings (SSSR count). The van der Waals surface area contributed by atoms with Crippen LogP contribution in [0.5, 0.6) is 0 Å². The first-order valence-electron chi connectivity index (χ1n) is 5.59. The molecule has 0 aliphatic carbocycles. The standard InChI is InChI=1S/C12H11FN2O3S/c13-9-4-2-1-3-8(9)11(17)14-5-6-15-10(16)7-19-12(15)18/h1-4H,5-7H2,(H,14,17). The van der Waals surface area contributed by atoms with Crippen molar-refractivity contribution >= 4 is 28.8 Å². The average Bonchev–Trinajstić information content (AvgIpc) is 2.70. The second-order valence-corrected chi connectivity index (χ2v) is 4.76. The molecule has 1 N–H and O–H groups in total. The number of carbonyl (C=O) groups excluding carboxylic acids is 3. The third kappa shape index (κ3) is 3.11. The van der Waals surface area contributed by atoms with E-state index in [0.29, 0.717) is 0 Å². The summed E-state index contributed by atoms with van der Waals surface area (Å²) >= 11 is 0.936. The summed E-state index contributed by atoms with van der Waals surface area (Å²) in [6.45, 7) is 0.204. The highest BCUT2D eigenvalue weighted by Crippen LogP contribution is 2.17. The molecule has 0 unspecified atom stereocenters. The lowest BCUT2D eigenvalue weighted by atomic mass is 10.2. The average molecular weight is 282 g/mol. The van der Waals surface area contributed by atoms with E-state index < -0.39 is 11.7 Å². The van der Waals surface area contributed by atoms with Gasteiger partial charge in [-0.3, -0.25) is 19.3 Å². The predicted molar refractivity (Wildman–Crippen MR) is 68.3 cm³/mol. The van der Waals surface area contributed by atoms with Gasteiger partial charge < -0.3 is 5.32 Å². The Hall–Kier alpha value is -1.89. The van der Waals surface area contributed by atoms with E-state index in [-0.39, 0.29) is 35.6 Å². The number of hydrogen-bond acceptors (Lipinski definition) is 4. The molecule has 1 aliphatic heterocycles. The summed E-state index contributed by atoms with van der Waals surface area (Å²) < 4.78 is 13.3. The molecule has 1 aliphatic rings. The lowest BCUT2D eigenvalue weighted by Gasteiger charge is -2.13. The Bertz CT molecular complexity index is 519. The van der Waals surface area contributed by atoms with Crippen LogP contribution in [0.25, 0.3) is 0 Å². The van der Waals surface area contributed by atoms with Crippen molar-refractivity contribution in [3.8, 4) is 0 Å². The highest BCUT2D eigenvalue weighted by Gasteiger charge is 2.29. The smallest absolute Gasteiger partial charge is 0.288 e. The van der Waals surface area contributed by atoms with Crippen LogP contribution in [0.3, 0.4) is 0 Å². The first-order chi connectivity index (χ1) is 9.09. The lowest BCUT2D eigenvalue weighted by Crippen LogP contribution is -2.37. The van der Waals surface area contributed by atoms with Crippen molar-refractivity contribution in [1.29, 1.82) is 0 Å². The second kappa shape index (κ2) is 5.83. The molecule has 1 heterocycles. The Morgan fingerprint density at radius 3 is 2.74 bits per heavy atom. The topological polar surface area (TPSA) is 66.5 Å². The maximum atomic E-state index is 13.3. The van der Waals surface area contributed by atoms with Crippen LogP contribution in [-0.4, -0.2) is 40.8 Å². The summed E-state index contributed by atoms with van der Waals surface area (Å²) in [4.78, 5) is 35.3. The van der Waals surface area contributed by atoms with Crippen molar-refractivity contribution in [2.45, 2.75) is 0 Å². The monoisotopic (exact) mass is 282 g/mol. The molecule has 1 saturated heterocycles. The van der Waals surface area contributed by atoms with E-state index in [9.17, 15) is 18.8 Å². The second-order valence-electron chi connectivity index (χ2n) is 3.84. The van der Waals surface area contributed by atoms with Crippen molar-refractivity contribution in [1.82, 2.24) is 10.2 Å². The van der Waals surface area contributed by atoms with Crippen LogP contribution >= 0.6 is 11.8 Å². The SMILES string of the molecule is O=C(NCCN1C(=O)CSC1=O)c1ccccc1F. The number of nitrogens with one attached hydrogen (secondary N) is 1. The van der Waals surface area contributed by atoms with Gasteiger partial charge in [0.05, 0.1) is 11.3 Å². The van der Waals surface area contributed by atoms with Crippen LogP contribution in [-0.2, 0) is 4.79 Å². The normalized spacial score (nSPS) is 14.9. The van der Waals surface area contributed by atoms with Gasteiger partial charge in [0.15, 0.2) is 0 Å². The number of imide groups is 1. The molecule has 0 spiro atoms. The Morgan fingerprint density at radius 1 is 1.37 bits per heavy atom. The molecule has 5 nitrogen and oxygen atoms in total. The summed E-state index contributed by atoms with van der Waals surface area (Å²) in [5.74, 6) is -1.30. The number of hydrogen-bond donors (Lipinski definition) is 1. The number of rotatable bonds is 4. The van der Waals surface area contributed by atoms with E-state index in [1.165, 1.54) is 18.2 Å². The van der Waals surface area contributed by atoms with E-state index in [0.717, 1.165) is 16.7 Å². The fraction of sp³-hybridized carbons (Fsp3) is 0.250. The van der Waals surface area contributed by atoms with Gasteiger partial charge in [0.2, 0.25) is 5.91 Å². The van der Waals surface area contributed by atoms with Crippen molar-refractivity contribution in [3.63, 3.8) is 0 Å². The minimum Gasteiger partial charge on any atom is -0.350 e. The number of thioether (sulfide) groups is 1. The van der Waals surface area contributed by atoms with Crippen LogP contribution in [0.1, 0.15) is 10.4 Å². The first kappa shape index (κ1) is 13.5. The lowest BCUT2D eigenvalue weighted by molar-refractivity contribution is -0.124. The summed E-state index contributed by atoms with van der Waals surface area (Å²) in [6.07, 6.45) is 0. The molecule has 0 atom stereocenters. The molecule has 7 heteroatoms. The molecule has 1 aromatic carbocycles. The van der Waals surface area contributed by atoms with Crippen molar-refractivity contribution < 1.29 is 18.8 Å². The van der Waals surface area contributed by atoms with Gasteiger partial charge in [0.1, 0.15) is 5.82 Å². The maximum absolute atomic E-state index is 13.3. The molecule has 100 valence electrons. The van der Waals surface area contributed by atoms with Crippen molar-refractivity contribution in [3.05, 3.63) is 35.6 Å². The van der Waals surface area contributed by atoms with Crippen molar-refractivity contribution in [2.24, 2.45) is 0 Å². The molecule has 0 saturated carbocycles. The van der Waals surface area contributed by atoms with E-state index in [2.05, 4.69) is 5.32 Å². The molecule has 19 heavy (non-hydrogen) atoms. The minimum atomic E-state index is -0.608. The molecule has 0 bridgehead atoms. The number of halogens is 1. The first-order valence-corrected chi connectivity index (χ1v) is 6.58. The van der Waals surface area contributed by atoms with Gasteiger partial charge in [0, 0.05) is 13.1 Å². The van der Waals surface area contributed by atoms with Gasteiger partial charge in [-0.25, -0.2) is 4.39 Å². The van der Waals surface area contributed by atoms with Gasteiger partial charge in [-0.2, -0.15) is 0 Å². The number of carbonyl (C=O) groups is 3. The zero-order valence-corrected chi connectivity index (χ0v) is 10.7. The van der Waals surface area contributed by atoms with Crippen molar-refractivity contribution in [2.75, 3.05) is 18.8 Å². The van der Waals surface area contributed by atoms with Crippen LogP contribution in [0.15, 0.2) is 24.3 Å². The van der Waals surface area contributed by atoms with E-state index in [1.54, 1.807) is 6.07 Å². The van der Waals surface area contributed by atoms with Gasteiger partial charge in [0.25, 0.3) is 11.1 Å². The summed E-state index contributed by atoms with van der Waals surface area (Å²) in [5.41, 5.74) is -0.0593. The molecule has 0 aromatic heterocycles. The fourth-order valence-corrected chi connectivity index (χ4v) is 2.37. The van der Waals surface area contributed by atoms with E-state index in [4.69, 9.17) is 0 Å². The fourth-order valence-electron chi connectivity index (χ4n) is 1.62. The molecular formula is C12H11FN2O3S. The van der Waals surface area contributed by atoms with Crippen LogP contribution in [0.4, 0.5) is 9.18 Å². The third-order valence-electron chi connectivity index (χ3n) is 2.58. The Kier molecular flexibility index (Phi) is 4.16. The highest BCUT2D eigenvalue weighted by atomic mass is 32.2. The highest BCUT2D eigenvalue weighted by molar-refractivity contribution is 8.14. The largest absolute Gasteiger partial charge is 0.350 e. The van der Waals surface area contributed by atoms with Gasteiger partial charge in [-0.15, -0.1) is 0 Å². The quantitative estimate of drug-likeness (QED) is 0.902. The van der Waals surface area contributed by atoms with Crippen LogP contribution in [0, 0.1) is 5.82 Å². The zero-order chi connectivity index (χ0) is 13.8. The third-order valence-corrected chi connectivity index (χ3v) is 3.44. The van der Waals surface area contributed by atoms with E-state index in [1.807, 2.05) is 0 Å². The predicted octanol–water partition coefficient (Wildman–Crippen LogP) is 1.25. The summed E-state index contributed by atoms with van der Waals surface area (Å²) in [6, 6.07) is 5.61. The van der Waals surface area contributed by atoms with Crippen LogP contribution < -0.4 is 5.32 Å². The van der Waals surface area contributed by atoms with Gasteiger partial charge in [-0.05, 0) is 12.1 Å². The van der Waals surface area contributed by atoms with Gasteiger partial charge >= 0.3 is 0 Å². The van der Waals surface area contributed by atoms with Crippen LogP contribution in [0.2, 0.25) is 0 Å². The number of benzene rings is 1. The molecule has 3 amide bonds. The van der Waals surface area contributed by atoms with E-state index >= 15 is 0 Å². The molecular weight excluding hydrogens is 271 g/mol. The summed E-state index contributed by atoms with van der Waals surface area (Å²) in [5, 5.41) is 2.16. The summed E-state index contributed by atoms with van der Waals surface area (Å²) in [7, 11) is 0. The Balaban J connectivity index is 1.86. The molecule has 0 radical (unpaired) electrons. The molecule has 1 aromatic rings. The minimum absolute atomic E-state index is 0.0593. The zero-order valence-electron chi connectivity index (χ0n) is 9.89. The van der Waals surface area contributed by atoms with Gasteiger partial charge in [-0.1, -0.05) is 23.9 Å². The number of nitrogens with zero attached hydrogens (tertiary/aromatic N) is 1. The Labute approximate surface area is 113 Å². The Morgan fingerprint density at radius 2 is 2.11 bits per heavy atom. The number of amides is 3.